The largest absolute Gasteiger partial charge is 0.480 e. The summed E-state index contributed by atoms with van der Waals surface area (Å²) >= 11 is 0. The number of likely N-dealkylation sites (N-methyl/N-ethyl adjacent to an activating group) is 1. The van der Waals surface area contributed by atoms with Gasteiger partial charge in [-0.05, 0) is 31.9 Å². The molecule has 1 heterocycles. The Labute approximate surface area is 160 Å². The van der Waals surface area contributed by atoms with Crippen molar-refractivity contribution in [1.82, 2.24) is 9.21 Å². The summed E-state index contributed by atoms with van der Waals surface area (Å²) < 4.78 is 25.4. The Bertz CT molecular complexity index is 746. The Morgan fingerprint density at radius 3 is 2.26 bits per heavy atom. The molecule has 1 aromatic rings. The van der Waals surface area contributed by atoms with Gasteiger partial charge in [-0.3, -0.25) is 14.5 Å². The van der Waals surface area contributed by atoms with Crippen molar-refractivity contribution in [3.05, 3.63) is 30.3 Å². The number of carbonyl (C=O) groups is 2. The van der Waals surface area contributed by atoms with Crippen molar-refractivity contribution >= 4 is 27.6 Å². The van der Waals surface area contributed by atoms with Gasteiger partial charge in [-0.25, -0.2) is 12.7 Å². The molecule has 9 heteroatoms. The highest BCUT2D eigenvalue weighted by atomic mass is 32.2. The molecule has 0 radical (unpaired) electrons. The molecule has 0 aromatic heterocycles. The summed E-state index contributed by atoms with van der Waals surface area (Å²) in [5, 5.41) is 9.23. The summed E-state index contributed by atoms with van der Waals surface area (Å²) in [4.78, 5) is 27.0. The second-order valence-electron chi connectivity index (χ2n) is 6.62. The lowest BCUT2D eigenvalue weighted by Crippen LogP contribution is -2.51. The second-order valence-corrected chi connectivity index (χ2v) is 8.88. The number of sulfonamides is 1. The molecule has 27 heavy (non-hydrogen) atoms. The predicted molar refractivity (Wildman–Crippen MR) is 103 cm³/mol. The minimum absolute atomic E-state index is 0.0249. The maximum Gasteiger partial charge on any atom is 0.317 e. The average molecular weight is 397 g/mol. The van der Waals surface area contributed by atoms with Gasteiger partial charge in [0.15, 0.2) is 0 Å². The summed E-state index contributed by atoms with van der Waals surface area (Å²) in [6, 6.07) is 9.01. The van der Waals surface area contributed by atoms with Crippen LogP contribution in [-0.2, 0) is 19.6 Å². The van der Waals surface area contributed by atoms with E-state index in [2.05, 4.69) is 0 Å². The zero-order valence-corrected chi connectivity index (χ0v) is 16.6. The van der Waals surface area contributed by atoms with E-state index in [1.54, 1.807) is 18.9 Å². The van der Waals surface area contributed by atoms with Gasteiger partial charge in [0.05, 0.1) is 18.8 Å². The lowest BCUT2D eigenvalue weighted by molar-refractivity contribution is -0.139. The summed E-state index contributed by atoms with van der Waals surface area (Å²) in [6.45, 7) is 2.03. The molecule has 0 unspecified atom stereocenters. The summed E-state index contributed by atoms with van der Waals surface area (Å²) in [5.41, 5.74) is 0.738. The number of benzene rings is 1. The quantitative estimate of drug-likeness (QED) is 0.698. The van der Waals surface area contributed by atoms with E-state index < -0.39 is 16.0 Å². The maximum absolute atomic E-state index is 12.6. The molecule has 0 aliphatic carbocycles. The van der Waals surface area contributed by atoms with E-state index in [1.807, 2.05) is 30.3 Å². The molecule has 1 aliphatic heterocycles. The van der Waals surface area contributed by atoms with Crippen LogP contribution in [0.5, 0.6) is 0 Å². The molecular weight excluding hydrogens is 370 g/mol. The van der Waals surface area contributed by atoms with Gasteiger partial charge in [-0.1, -0.05) is 18.2 Å². The minimum atomic E-state index is -3.24. The van der Waals surface area contributed by atoms with Crippen molar-refractivity contribution in [2.24, 2.45) is 0 Å². The zero-order valence-electron chi connectivity index (χ0n) is 15.7. The van der Waals surface area contributed by atoms with Crippen LogP contribution in [0.25, 0.3) is 0 Å². The molecule has 1 saturated heterocycles. The average Bonchev–Trinajstić information content (AvgIpc) is 2.67. The third kappa shape index (κ3) is 5.75. The lowest BCUT2D eigenvalue weighted by Gasteiger charge is -2.37. The van der Waals surface area contributed by atoms with E-state index in [4.69, 9.17) is 0 Å². The number of carboxylic acid groups (broad SMARTS) is 1. The predicted octanol–water partition coefficient (Wildman–Crippen LogP) is 0.850. The molecule has 2 rings (SSSR count). The lowest BCUT2D eigenvalue weighted by atomic mass is 10.0. The van der Waals surface area contributed by atoms with E-state index in [-0.39, 0.29) is 30.8 Å². The van der Waals surface area contributed by atoms with E-state index in [9.17, 15) is 23.1 Å². The Morgan fingerprint density at radius 1 is 1.15 bits per heavy atom. The molecule has 0 saturated carbocycles. The molecule has 1 aliphatic rings. The third-order valence-electron chi connectivity index (χ3n) is 4.89. The molecule has 150 valence electrons. The van der Waals surface area contributed by atoms with Gasteiger partial charge < -0.3 is 10.0 Å². The summed E-state index contributed by atoms with van der Waals surface area (Å²) in [6.07, 6.45) is 1.02. The molecule has 1 aromatic carbocycles. The van der Waals surface area contributed by atoms with Gasteiger partial charge >= 0.3 is 5.97 Å². The van der Waals surface area contributed by atoms with Crippen LogP contribution in [0.1, 0.15) is 19.8 Å². The Hall–Kier alpha value is -1.97. The van der Waals surface area contributed by atoms with Crippen LogP contribution >= 0.6 is 0 Å². The van der Waals surface area contributed by atoms with Crippen LogP contribution in [0.2, 0.25) is 0 Å². The first kappa shape index (κ1) is 21.3. The number of carboxylic acids is 1. The van der Waals surface area contributed by atoms with Gasteiger partial charge in [0.2, 0.25) is 15.9 Å². The summed E-state index contributed by atoms with van der Waals surface area (Å²) in [5.74, 6) is -1.16. The van der Waals surface area contributed by atoms with Crippen molar-refractivity contribution in [3.8, 4) is 0 Å². The molecule has 0 atom stereocenters. The van der Waals surface area contributed by atoms with E-state index >= 15 is 0 Å². The molecule has 1 N–H and O–H groups in total. The SMILES string of the molecule is CCS(=O)(=O)N1CCC(N(CC(=O)O)CC(=O)N(C)c2ccccc2)CC1. The molecule has 8 nitrogen and oxygen atoms in total. The van der Waals surface area contributed by atoms with Gasteiger partial charge in [0, 0.05) is 31.9 Å². The van der Waals surface area contributed by atoms with Crippen molar-refractivity contribution in [2.45, 2.75) is 25.8 Å². The fraction of sp³-hybridized carbons (Fsp3) is 0.556. The minimum Gasteiger partial charge on any atom is -0.480 e. The van der Waals surface area contributed by atoms with Crippen LogP contribution in [0.3, 0.4) is 0 Å². The molecule has 1 amide bonds. The number of para-hydroxylation sites is 1. The normalized spacial score (nSPS) is 16.4. The first-order valence-electron chi connectivity index (χ1n) is 9.00. The number of nitrogens with zero attached hydrogens (tertiary/aromatic N) is 3. The number of rotatable bonds is 8. The van der Waals surface area contributed by atoms with Crippen LogP contribution in [-0.4, -0.2) is 79.6 Å². The standard InChI is InChI=1S/C18H27N3O5S/c1-3-27(25,26)21-11-9-16(10-12-21)20(14-18(23)24)13-17(22)19(2)15-7-5-4-6-8-15/h4-8,16H,3,9-14H2,1-2H3,(H,23,24). The molecule has 0 bridgehead atoms. The van der Waals surface area contributed by atoms with E-state index in [0.717, 1.165) is 5.69 Å². The Kier molecular flexibility index (Phi) is 7.34. The maximum atomic E-state index is 12.6. The van der Waals surface area contributed by atoms with Crippen molar-refractivity contribution in [3.63, 3.8) is 0 Å². The Balaban J connectivity index is 2.03. The van der Waals surface area contributed by atoms with Crippen LogP contribution in [0.4, 0.5) is 5.69 Å². The second kappa shape index (κ2) is 9.29. The first-order chi connectivity index (χ1) is 12.7. The highest BCUT2D eigenvalue weighted by Crippen LogP contribution is 2.20. The van der Waals surface area contributed by atoms with Crippen molar-refractivity contribution < 1.29 is 23.1 Å². The van der Waals surface area contributed by atoms with Crippen LogP contribution in [0, 0.1) is 0 Å². The van der Waals surface area contributed by atoms with Crippen LogP contribution < -0.4 is 4.90 Å². The molecule has 1 fully saturated rings. The highest BCUT2D eigenvalue weighted by molar-refractivity contribution is 7.89. The van der Waals surface area contributed by atoms with Crippen molar-refractivity contribution in [2.75, 3.05) is 43.9 Å². The molecule has 0 spiro atoms. The monoisotopic (exact) mass is 397 g/mol. The van der Waals surface area contributed by atoms with Gasteiger partial charge in [-0.2, -0.15) is 0 Å². The summed E-state index contributed by atoms with van der Waals surface area (Å²) in [7, 11) is -1.58. The topological polar surface area (TPSA) is 98.2 Å². The highest BCUT2D eigenvalue weighted by Gasteiger charge is 2.31. The number of anilines is 1. The molecular formula is C18H27N3O5S. The number of piperidine rings is 1. The van der Waals surface area contributed by atoms with E-state index in [1.165, 1.54) is 9.21 Å². The first-order valence-corrected chi connectivity index (χ1v) is 10.6. The number of amides is 1. The smallest absolute Gasteiger partial charge is 0.317 e. The van der Waals surface area contributed by atoms with Gasteiger partial charge in [0.25, 0.3) is 0 Å². The number of aliphatic carboxylic acids is 1. The number of hydrogen-bond donors (Lipinski definition) is 1. The third-order valence-corrected chi connectivity index (χ3v) is 6.77. The van der Waals surface area contributed by atoms with Gasteiger partial charge in [-0.15, -0.1) is 0 Å². The van der Waals surface area contributed by atoms with Crippen LogP contribution in [0.15, 0.2) is 30.3 Å². The van der Waals surface area contributed by atoms with Crippen molar-refractivity contribution in [1.29, 1.82) is 0 Å². The number of carbonyl (C=O) groups excluding carboxylic acids is 1. The Morgan fingerprint density at radius 2 is 1.74 bits per heavy atom. The van der Waals surface area contributed by atoms with E-state index in [0.29, 0.717) is 25.9 Å². The van der Waals surface area contributed by atoms with Gasteiger partial charge in [0.1, 0.15) is 0 Å². The fourth-order valence-corrected chi connectivity index (χ4v) is 4.36. The number of hydrogen-bond acceptors (Lipinski definition) is 5. The zero-order chi connectivity index (χ0) is 20.0. The fourth-order valence-electron chi connectivity index (χ4n) is 3.23.